The molecule has 0 bridgehead atoms. The second-order valence-electron chi connectivity index (χ2n) is 21.2. The number of fused-ring (bicyclic) bond motifs is 8. The number of aryl methyl sites for hydroxylation is 1. The molecule has 0 N–H and O–H groups in total. The molecule has 6 heteroatoms. The number of benzene rings is 8. The molecule has 8 aromatic carbocycles. The minimum absolute atomic E-state index is 0. The summed E-state index contributed by atoms with van der Waals surface area (Å²) in [7, 11) is 0. The van der Waals surface area contributed by atoms with E-state index >= 15 is 0 Å². The summed E-state index contributed by atoms with van der Waals surface area (Å²) in [6.07, 6.45) is 0.303. The summed E-state index contributed by atoms with van der Waals surface area (Å²) < 4.78 is 50.1. The fraction of sp³-hybridized carbons (Fsp3) is 0.231. The van der Waals surface area contributed by atoms with E-state index in [2.05, 4.69) is 188 Å². The Morgan fingerprint density at radius 1 is 0.676 bits per heavy atom. The van der Waals surface area contributed by atoms with Crippen LogP contribution in [0.1, 0.15) is 89.4 Å². The summed E-state index contributed by atoms with van der Waals surface area (Å²) in [4.78, 5) is 9.87. The average Bonchev–Trinajstić information content (AvgIpc) is 4.00. The largest absolute Gasteiger partial charge is 0 e. The summed E-state index contributed by atoms with van der Waals surface area (Å²) >= 11 is -2.36. The van der Waals surface area contributed by atoms with Crippen LogP contribution < -0.4 is 4.40 Å². The van der Waals surface area contributed by atoms with Crippen molar-refractivity contribution < 1.29 is 31.4 Å². The maximum absolute atomic E-state index is 8.80. The zero-order valence-electron chi connectivity index (χ0n) is 47.2. The van der Waals surface area contributed by atoms with Gasteiger partial charge in [-0.3, -0.25) is 4.98 Å². The fourth-order valence-electron chi connectivity index (χ4n) is 9.74. The van der Waals surface area contributed by atoms with E-state index in [9.17, 15) is 0 Å². The summed E-state index contributed by atoms with van der Waals surface area (Å²) in [5, 5.41) is 6.96. The van der Waals surface area contributed by atoms with Gasteiger partial charge in [0.15, 0.2) is 0 Å². The maximum atomic E-state index is 8.80. The van der Waals surface area contributed by atoms with Crippen LogP contribution in [-0.4, -0.2) is 27.8 Å². The number of aromatic nitrogens is 3. The van der Waals surface area contributed by atoms with Crippen molar-refractivity contribution in [2.24, 2.45) is 5.41 Å². The summed E-state index contributed by atoms with van der Waals surface area (Å²) in [6, 6.07) is 58.7. The van der Waals surface area contributed by atoms with E-state index in [1.807, 2.05) is 39.1 Å². The normalized spacial score (nSPS) is 13.5. The molecule has 4 nitrogen and oxygen atoms in total. The van der Waals surface area contributed by atoms with Crippen molar-refractivity contribution in [2.45, 2.75) is 90.8 Å². The van der Waals surface area contributed by atoms with Gasteiger partial charge in [0.2, 0.25) is 0 Å². The molecule has 0 aliphatic heterocycles. The second-order valence-corrected chi connectivity index (χ2v) is 31.8. The van der Waals surface area contributed by atoms with Crippen LogP contribution in [-0.2, 0) is 26.5 Å². The molecule has 1 radical (unpaired) electrons. The first-order valence-corrected chi connectivity index (χ1v) is 31.8. The van der Waals surface area contributed by atoms with Gasteiger partial charge in [0.1, 0.15) is 5.58 Å². The molecule has 11 rings (SSSR count). The van der Waals surface area contributed by atoms with Crippen molar-refractivity contribution in [3.63, 3.8) is 0 Å². The van der Waals surface area contributed by atoms with Gasteiger partial charge < -0.3 is 8.98 Å². The smallest absolute Gasteiger partial charge is 0 e. The van der Waals surface area contributed by atoms with Crippen molar-refractivity contribution in [3.8, 4) is 39.5 Å². The van der Waals surface area contributed by atoms with Crippen molar-refractivity contribution in [1.82, 2.24) is 14.5 Å². The maximum Gasteiger partial charge on any atom is 0 e. The molecular formula is C65H63GeIrN3O-2. The van der Waals surface area contributed by atoms with Gasteiger partial charge in [0, 0.05) is 36.6 Å². The Bertz CT molecular complexity index is 3910. The van der Waals surface area contributed by atoms with Crippen LogP contribution in [0, 0.1) is 24.4 Å². The van der Waals surface area contributed by atoms with Gasteiger partial charge in [-0.1, -0.05) is 124 Å². The first-order chi connectivity index (χ1) is 35.5. The minimum Gasteiger partial charge on any atom is 0 e. The van der Waals surface area contributed by atoms with Crippen molar-refractivity contribution in [3.05, 3.63) is 192 Å². The van der Waals surface area contributed by atoms with E-state index in [4.69, 9.17) is 16.3 Å². The predicted octanol–water partition coefficient (Wildman–Crippen LogP) is 17.6. The van der Waals surface area contributed by atoms with Gasteiger partial charge in [-0.25, -0.2) is 0 Å². The molecule has 359 valence electrons. The first-order valence-electron chi connectivity index (χ1n) is 26.9. The Labute approximate surface area is 443 Å². The molecule has 3 aromatic heterocycles. The number of hydrogen-bond acceptors (Lipinski definition) is 3. The second kappa shape index (κ2) is 19.8. The molecule has 3 heterocycles. The van der Waals surface area contributed by atoms with E-state index in [1.54, 1.807) is 12.1 Å². The summed E-state index contributed by atoms with van der Waals surface area (Å²) in [5.41, 5.74) is 12.7. The molecule has 0 amide bonds. The summed E-state index contributed by atoms with van der Waals surface area (Å²) in [5.74, 6) is 8.17. The van der Waals surface area contributed by atoms with Gasteiger partial charge >= 0.3 is 145 Å². The van der Waals surface area contributed by atoms with Gasteiger partial charge in [-0.2, -0.15) is 0 Å². The number of imidazole rings is 1. The number of nitrogens with zero attached hydrogens (tertiary/aromatic N) is 3. The van der Waals surface area contributed by atoms with Crippen LogP contribution in [0.5, 0.6) is 0 Å². The van der Waals surface area contributed by atoms with Crippen molar-refractivity contribution in [1.29, 1.82) is 0 Å². The zero-order chi connectivity index (χ0) is 53.4. The van der Waals surface area contributed by atoms with Gasteiger partial charge in [0.25, 0.3) is 0 Å². The molecule has 0 spiro atoms. The van der Waals surface area contributed by atoms with Crippen molar-refractivity contribution >= 4 is 72.2 Å². The third-order valence-corrected chi connectivity index (χ3v) is 17.4. The van der Waals surface area contributed by atoms with Crippen LogP contribution in [0.3, 0.4) is 0 Å². The Morgan fingerprint density at radius 2 is 1.34 bits per heavy atom. The monoisotopic (exact) mass is 1170 g/mol. The number of hydrogen-bond donors (Lipinski definition) is 0. The molecule has 0 saturated carbocycles. The van der Waals surface area contributed by atoms with Crippen LogP contribution >= 0.6 is 0 Å². The van der Waals surface area contributed by atoms with E-state index in [-0.39, 0.29) is 25.7 Å². The van der Waals surface area contributed by atoms with Crippen LogP contribution in [0.4, 0.5) is 0 Å². The fourth-order valence-corrected chi connectivity index (χ4v) is 12.7. The Hall–Kier alpha value is -6.11. The molecule has 0 aliphatic carbocycles. The molecule has 0 aliphatic rings. The van der Waals surface area contributed by atoms with Crippen molar-refractivity contribution in [2.75, 3.05) is 0 Å². The van der Waals surface area contributed by atoms with Gasteiger partial charge in [-0.05, 0) is 74.5 Å². The van der Waals surface area contributed by atoms with E-state index in [0.29, 0.717) is 28.7 Å². The van der Waals surface area contributed by atoms with E-state index in [1.165, 1.54) is 50.2 Å². The zero-order valence-corrected chi connectivity index (χ0v) is 46.7. The Morgan fingerprint density at radius 3 is 2.03 bits per heavy atom. The SMILES string of the molecule is CC(C)c1cc(-c2ccccc2)cc(C(C)C)c1-n1c(-c2[c-]cc3oc4c(ccc5c6ccccc6ccc54)c3c2)nc2ccccc21.[2H]C([2H])([2H])c1c[c-]c(-c2cc(C([2H])([2H])C(C)(C)C)[c]([Ge]([CH3])([CH3])[CH3])cn2)cc1.[Ir]. The quantitative estimate of drug-likeness (QED) is 0.0865. The number of pyridine rings is 1. The topological polar surface area (TPSA) is 43.9 Å². The van der Waals surface area contributed by atoms with Crippen LogP contribution in [0.2, 0.25) is 17.3 Å². The van der Waals surface area contributed by atoms with Crippen LogP contribution in [0.25, 0.3) is 94.0 Å². The molecule has 11 aromatic rings. The number of para-hydroxylation sites is 2. The van der Waals surface area contributed by atoms with E-state index in [0.717, 1.165) is 54.1 Å². The molecular weight excluding hydrogens is 1100 g/mol. The molecule has 71 heavy (non-hydrogen) atoms. The standard InChI is InChI=1S/C45H35N2O.C20H28GeN.Ir/c1-27(2)37-25-32(29-12-6-5-7-13-29)26-38(28(3)4)43(37)47-41-17-11-10-16-40(41)46-45(47)31-19-23-42-39(24-31)36-22-21-34-33-15-9-8-14-30(33)18-20-35(34)44(36)48-42;1-15-8-10-16(11-9-15)19-12-17(13-20(2,3)4)18(14-22-19)21(5,6)7;/h5-18,20-28H,1-4H3;8-10,12,14H,13H2,1-7H3;/q2*-1;/i;1D3,13D2;. The third-order valence-electron chi connectivity index (χ3n) is 13.1. The molecule has 0 saturated heterocycles. The van der Waals surface area contributed by atoms with E-state index < -0.39 is 31.9 Å². The average molecular weight is 1170 g/mol. The number of rotatable bonds is 8. The summed E-state index contributed by atoms with van der Waals surface area (Å²) in [6.45, 7) is 12.7. The van der Waals surface area contributed by atoms with Gasteiger partial charge in [0.05, 0.1) is 22.4 Å². The first kappa shape index (κ1) is 43.7. The number of furan rings is 1. The van der Waals surface area contributed by atoms with Crippen LogP contribution in [0.15, 0.2) is 162 Å². The minimum atomic E-state index is -2.36. The molecule has 0 unspecified atom stereocenters. The Kier molecular flexibility index (Phi) is 12.2. The predicted molar refractivity (Wildman–Crippen MR) is 301 cm³/mol. The molecule has 0 fully saturated rings. The third kappa shape index (κ3) is 9.94. The van der Waals surface area contributed by atoms with Gasteiger partial charge in [-0.15, -0.1) is 23.8 Å². The Balaban J connectivity index is 0.000000216. The molecule has 0 atom stereocenters.